The van der Waals surface area contributed by atoms with Gasteiger partial charge in [0, 0.05) is 18.4 Å². The number of thiophene rings is 1. The Morgan fingerprint density at radius 1 is 1.18 bits per heavy atom. The Bertz CT molecular complexity index is 882. The van der Waals surface area contributed by atoms with Gasteiger partial charge in [-0.05, 0) is 78.2 Å². The zero-order valence-corrected chi connectivity index (χ0v) is 16.4. The summed E-state index contributed by atoms with van der Waals surface area (Å²) in [6, 6.07) is 13.2. The maximum absolute atomic E-state index is 12.9. The van der Waals surface area contributed by atoms with Gasteiger partial charge in [0.1, 0.15) is 11.5 Å². The van der Waals surface area contributed by atoms with Crippen molar-refractivity contribution in [2.45, 2.75) is 31.8 Å². The monoisotopic (exact) mass is 393 g/mol. The molecule has 1 aliphatic rings. The van der Waals surface area contributed by atoms with E-state index in [0.717, 1.165) is 38.0 Å². The first kappa shape index (κ1) is 18.7. The molecule has 1 aromatic carbocycles. The lowest BCUT2D eigenvalue weighted by atomic mass is 10.0. The number of anilines is 1. The van der Waals surface area contributed by atoms with Crippen molar-refractivity contribution in [2.75, 3.05) is 11.9 Å². The molecular weight excluding hydrogens is 370 g/mol. The quantitative estimate of drug-likeness (QED) is 0.645. The van der Waals surface area contributed by atoms with Gasteiger partial charge in [0.05, 0.1) is 12.2 Å². The number of pyridine rings is 1. The van der Waals surface area contributed by atoms with E-state index in [1.807, 2.05) is 36.4 Å². The van der Waals surface area contributed by atoms with Crippen molar-refractivity contribution in [1.29, 1.82) is 0 Å². The first-order valence-electron chi connectivity index (χ1n) is 9.52. The van der Waals surface area contributed by atoms with Crippen molar-refractivity contribution < 1.29 is 9.53 Å². The number of hydrogen-bond donors (Lipinski definition) is 1. The predicted octanol–water partition coefficient (Wildman–Crippen LogP) is 4.93. The van der Waals surface area contributed by atoms with Crippen LogP contribution in [0.15, 0.2) is 65.6 Å². The molecule has 0 spiro atoms. The predicted molar refractivity (Wildman–Crippen MR) is 112 cm³/mol. The van der Waals surface area contributed by atoms with E-state index in [1.54, 1.807) is 23.7 Å². The fourth-order valence-electron chi connectivity index (χ4n) is 3.47. The molecule has 0 bridgehead atoms. The second-order valence-corrected chi connectivity index (χ2v) is 7.70. The van der Waals surface area contributed by atoms with Gasteiger partial charge < -0.3 is 10.1 Å². The Morgan fingerprint density at radius 2 is 2.07 bits per heavy atom. The van der Waals surface area contributed by atoms with Crippen LogP contribution in [0.5, 0.6) is 11.5 Å². The normalized spacial score (nSPS) is 17.2. The van der Waals surface area contributed by atoms with E-state index in [1.165, 1.54) is 5.56 Å². The molecule has 1 aliphatic heterocycles. The van der Waals surface area contributed by atoms with E-state index >= 15 is 0 Å². The number of ether oxygens (including phenoxy) is 1. The van der Waals surface area contributed by atoms with Crippen molar-refractivity contribution in [3.8, 4) is 11.5 Å². The Labute approximate surface area is 169 Å². The summed E-state index contributed by atoms with van der Waals surface area (Å²) in [5.41, 5.74) is 2.06. The number of likely N-dealkylation sites (tertiary alicyclic amines) is 1. The van der Waals surface area contributed by atoms with Gasteiger partial charge >= 0.3 is 0 Å². The Hall–Kier alpha value is -2.70. The summed E-state index contributed by atoms with van der Waals surface area (Å²) in [5.74, 6) is 1.46. The average Bonchev–Trinajstić information content (AvgIpc) is 3.24. The summed E-state index contributed by atoms with van der Waals surface area (Å²) in [7, 11) is 0. The minimum absolute atomic E-state index is 0.0656. The number of amides is 1. The highest BCUT2D eigenvalue weighted by atomic mass is 32.1. The molecule has 0 saturated carbocycles. The van der Waals surface area contributed by atoms with Crippen LogP contribution in [0.1, 0.15) is 24.8 Å². The van der Waals surface area contributed by atoms with Crippen LogP contribution in [0.2, 0.25) is 0 Å². The molecule has 1 N–H and O–H groups in total. The number of carbonyl (C=O) groups is 1. The van der Waals surface area contributed by atoms with E-state index in [4.69, 9.17) is 4.74 Å². The summed E-state index contributed by atoms with van der Waals surface area (Å²) in [6.45, 7) is 1.80. The molecule has 0 radical (unpaired) electrons. The van der Waals surface area contributed by atoms with Crippen molar-refractivity contribution in [3.63, 3.8) is 0 Å². The van der Waals surface area contributed by atoms with Crippen LogP contribution in [-0.2, 0) is 11.3 Å². The molecule has 1 atom stereocenters. The number of benzene rings is 1. The van der Waals surface area contributed by atoms with Gasteiger partial charge in [-0.3, -0.25) is 14.7 Å². The highest BCUT2D eigenvalue weighted by Gasteiger charge is 2.28. The molecule has 4 rings (SSSR count). The standard InChI is InChI=1S/C22H23N3O2S/c26-22(21-5-1-2-12-25(21)15-17-10-13-28-16-17)24-18-6-8-19(9-7-18)27-20-4-3-11-23-14-20/h3-4,6-11,13-14,16,21H,1-2,5,12,15H2,(H,24,26)/t21-/m0/s1. The lowest BCUT2D eigenvalue weighted by Crippen LogP contribution is -2.46. The summed E-state index contributed by atoms with van der Waals surface area (Å²) in [4.78, 5) is 19.2. The van der Waals surface area contributed by atoms with E-state index in [9.17, 15) is 4.79 Å². The molecule has 3 aromatic rings. The molecular formula is C22H23N3O2S. The molecule has 28 heavy (non-hydrogen) atoms. The zero-order chi connectivity index (χ0) is 19.2. The van der Waals surface area contributed by atoms with Crippen LogP contribution in [0.25, 0.3) is 0 Å². The lowest BCUT2D eigenvalue weighted by molar-refractivity contribution is -0.122. The summed E-state index contributed by atoms with van der Waals surface area (Å²) < 4.78 is 5.75. The third kappa shape index (κ3) is 4.77. The molecule has 1 fully saturated rings. The lowest BCUT2D eigenvalue weighted by Gasteiger charge is -2.34. The molecule has 6 heteroatoms. The third-order valence-corrected chi connectivity index (χ3v) is 5.61. The van der Waals surface area contributed by atoms with Crippen molar-refractivity contribution >= 4 is 22.9 Å². The first-order valence-corrected chi connectivity index (χ1v) is 10.5. The van der Waals surface area contributed by atoms with Gasteiger partial charge in [-0.25, -0.2) is 0 Å². The number of nitrogens with one attached hydrogen (secondary N) is 1. The van der Waals surface area contributed by atoms with Crippen LogP contribution in [0, 0.1) is 0 Å². The van der Waals surface area contributed by atoms with Gasteiger partial charge in [-0.2, -0.15) is 11.3 Å². The largest absolute Gasteiger partial charge is 0.456 e. The Morgan fingerprint density at radius 3 is 2.82 bits per heavy atom. The fourth-order valence-corrected chi connectivity index (χ4v) is 4.13. The smallest absolute Gasteiger partial charge is 0.241 e. The minimum Gasteiger partial charge on any atom is -0.456 e. The molecule has 2 aromatic heterocycles. The van der Waals surface area contributed by atoms with E-state index in [-0.39, 0.29) is 11.9 Å². The topological polar surface area (TPSA) is 54.5 Å². The Balaban J connectivity index is 1.37. The van der Waals surface area contributed by atoms with E-state index < -0.39 is 0 Å². The van der Waals surface area contributed by atoms with Crippen LogP contribution in [0.4, 0.5) is 5.69 Å². The van der Waals surface area contributed by atoms with Crippen LogP contribution in [0.3, 0.4) is 0 Å². The summed E-state index contributed by atoms with van der Waals surface area (Å²) >= 11 is 1.70. The SMILES string of the molecule is O=C(Nc1ccc(Oc2cccnc2)cc1)[C@@H]1CCCCN1Cc1ccsc1. The van der Waals surface area contributed by atoms with Gasteiger partial charge in [-0.1, -0.05) is 6.42 Å². The van der Waals surface area contributed by atoms with Gasteiger partial charge in [0.25, 0.3) is 0 Å². The average molecular weight is 394 g/mol. The molecule has 144 valence electrons. The number of nitrogens with zero attached hydrogens (tertiary/aromatic N) is 2. The number of carbonyl (C=O) groups excluding carboxylic acids is 1. The van der Waals surface area contributed by atoms with Crippen LogP contribution in [-0.4, -0.2) is 28.4 Å². The Kier molecular flexibility index (Phi) is 5.99. The van der Waals surface area contributed by atoms with Gasteiger partial charge in [-0.15, -0.1) is 0 Å². The first-order chi connectivity index (χ1) is 13.8. The highest BCUT2D eigenvalue weighted by Crippen LogP contribution is 2.24. The maximum atomic E-state index is 12.9. The molecule has 0 unspecified atom stereocenters. The summed E-state index contributed by atoms with van der Waals surface area (Å²) in [6.07, 6.45) is 6.52. The zero-order valence-electron chi connectivity index (χ0n) is 15.6. The molecule has 3 heterocycles. The minimum atomic E-state index is -0.0834. The van der Waals surface area contributed by atoms with E-state index in [0.29, 0.717) is 11.5 Å². The van der Waals surface area contributed by atoms with Crippen molar-refractivity contribution in [3.05, 3.63) is 71.2 Å². The number of aromatic nitrogens is 1. The highest BCUT2D eigenvalue weighted by molar-refractivity contribution is 7.07. The van der Waals surface area contributed by atoms with Gasteiger partial charge in [0.15, 0.2) is 0 Å². The van der Waals surface area contributed by atoms with Gasteiger partial charge in [0.2, 0.25) is 5.91 Å². The fraction of sp³-hybridized carbons (Fsp3) is 0.273. The number of piperidine rings is 1. The molecule has 1 saturated heterocycles. The third-order valence-electron chi connectivity index (χ3n) is 4.87. The van der Waals surface area contributed by atoms with Crippen LogP contribution < -0.4 is 10.1 Å². The molecule has 0 aliphatic carbocycles. The molecule has 5 nitrogen and oxygen atoms in total. The summed E-state index contributed by atoms with van der Waals surface area (Å²) in [5, 5.41) is 7.31. The number of hydrogen-bond acceptors (Lipinski definition) is 5. The molecule has 1 amide bonds. The second kappa shape index (κ2) is 8.99. The van der Waals surface area contributed by atoms with Crippen LogP contribution >= 0.6 is 11.3 Å². The van der Waals surface area contributed by atoms with Crippen molar-refractivity contribution in [1.82, 2.24) is 9.88 Å². The number of rotatable bonds is 6. The van der Waals surface area contributed by atoms with Crippen molar-refractivity contribution in [2.24, 2.45) is 0 Å². The maximum Gasteiger partial charge on any atom is 0.241 e. The second-order valence-electron chi connectivity index (χ2n) is 6.92. The van der Waals surface area contributed by atoms with E-state index in [2.05, 4.69) is 32.0 Å².